The number of aliphatic hydroxyl groups excluding tert-OH is 1. The van der Waals surface area contributed by atoms with Gasteiger partial charge in [-0.3, -0.25) is 14.5 Å². The molecule has 6 nitrogen and oxygen atoms in total. The number of ether oxygens (including phenoxy) is 2. The van der Waals surface area contributed by atoms with Crippen molar-refractivity contribution in [3.05, 3.63) is 94.5 Å². The predicted octanol–water partition coefficient (Wildman–Crippen LogP) is 6.15. The predicted molar refractivity (Wildman–Crippen MR) is 136 cm³/mol. The maximum absolute atomic E-state index is 13.3. The van der Waals surface area contributed by atoms with Gasteiger partial charge in [0.1, 0.15) is 17.3 Å². The molecule has 1 atom stereocenters. The Hall–Kier alpha value is -3.77. The van der Waals surface area contributed by atoms with Crippen molar-refractivity contribution in [3.63, 3.8) is 0 Å². The summed E-state index contributed by atoms with van der Waals surface area (Å²) in [4.78, 5) is 27.9. The number of halogens is 1. The monoisotopic (exact) mass is 491 g/mol. The van der Waals surface area contributed by atoms with E-state index in [4.69, 9.17) is 21.1 Å². The van der Waals surface area contributed by atoms with Crippen molar-refractivity contribution in [1.29, 1.82) is 0 Å². The number of rotatable bonds is 7. The molecule has 35 heavy (non-hydrogen) atoms. The minimum Gasteiger partial charge on any atom is -0.507 e. The molecule has 0 aliphatic carbocycles. The summed E-state index contributed by atoms with van der Waals surface area (Å²) in [6.07, 6.45) is 0.000227. The second-order valence-electron chi connectivity index (χ2n) is 8.34. The number of hydrogen-bond acceptors (Lipinski definition) is 5. The Morgan fingerprint density at radius 3 is 2.11 bits per heavy atom. The third kappa shape index (κ3) is 5.03. The Labute approximate surface area is 209 Å². The van der Waals surface area contributed by atoms with Gasteiger partial charge in [-0.1, -0.05) is 23.7 Å². The third-order valence-corrected chi connectivity index (χ3v) is 5.81. The fourth-order valence-corrected chi connectivity index (χ4v) is 4.17. The first-order valence-electron chi connectivity index (χ1n) is 11.4. The van der Waals surface area contributed by atoms with Crippen LogP contribution < -0.4 is 14.4 Å². The van der Waals surface area contributed by atoms with Crippen molar-refractivity contribution in [2.75, 3.05) is 11.5 Å². The van der Waals surface area contributed by atoms with Gasteiger partial charge in [-0.15, -0.1) is 0 Å². The van der Waals surface area contributed by atoms with Gasteiger partial charge in [0.2, 0.25) is 0 Å². The first-order valence-corrected chi connectivity index (χ1v) is 11.7. The Bertz CT molecular complexity index is 1250. The summed E-state index contributed by atoms with van der Waals surface area (Å²) in [6, 6.07) is 19.7. The summed E-state index contributed by atoms with van der Waals surface area (Å²) >= 11 is 5.99. The molecule has 0 saturated carbocycles. The number of carbonyl (C=O) groups excluding carboxylic acids is 2. The van der Waals surface area contributed by atoms with Gasteiger partial charge < -0.3 is 14.6 Å². The van der Waals surface area contributed by atoms with Gasteiger partial charge in [-0.2, -0.15) is 0 Å². The molecule has 1 aliphatic heterocycles. The molecule has 0 aromatic heterocycles. The van der Waals surface area contributed by atoms with Gasteiger partial charge in [0.25, 0.3) is 11.7 Å². The Balaban J connectivity index is 1.85. The lowest BCUT2D eigenvalue weighted by Crippen LogP contribution is -2.29. The number of anilines is 1. The number of amides is 1. The van der Waals surface area contributed by atoms with Crippen LogP contribution in [0.4, 0.5) is 5.69 Å². The maximum atomic E-state index is 13.3. The SMILES string of the molecule is CCOc1ccc(N2C(=O)C(=O)/C(=C(/O)c3ccc(Cl)cc3)C2c2ccc(OC(C)C)cc2)cc1. The minimum atomic E-state index is -0.836. The summed E-state index contributed by atoms with van der Waals surface area (Å²) < 4.78 is 11.3. The fourth-order valence-electron chi connectivity index (χ4n) is 4.05. The fraction of sp³-hybridized carbons (Fsp3) is 0.214. The van der Waals surface area contributed by atoms with E-state index in [0.29, 0.717) is 39.9 Å². The van der Waals surface area contributed by atoms with Crippen molar-refractivity contribution < 1.29 is 24.2 Å². The second-order valence-corrected chi connectivity index (χ2v) is 8.77. The van der Waals surface area contributed by atoms with Crippen molar-refractivity contribution in [3.8, 4) is 11.5 Å². The van der Waals surface area contributed by atoms with Crippen molar-refractivity contribution >= 4 is 34.7 Å². The van der Waals surface area contributed by atoms with E-state index in [1.54, 1.807) is 72.8 Å². The van der Waals surface area contributed by atoms with Gasteiger partial charge in [0.15, 0.2) is 0 Å². The summed E-state index contributed by atoms with van der Waals surface area (Å²) in [6.45, 7) is 6.26. The zero-order chi connectivity index (χ0) is 25.1. The highest BCUT2D eigenvalue weighted by Gasteiger charge is 2.47. The molecule has 180 valence electrons. The molecule has 0 bridgehead atoms. The van der Waals surface area contributed by atoms with Crippen LogP contribution >= 0.6 is 11.6 Å². The average Bonchev–Trinajstić information content (AvgIpc) is 3.10. The number of carbonyl (C=O) groups is 2. The molecule has 1 saturated heterocycles. The first-order chi connectivity index (χ1) is 16.8. The van der Waals surface area contributed by atoms with Crippen molar-refractivity contribution in [2.24, 2.45) is 0 Å². The normalized spacial score (nSPS) is 17.2. The molecule has 1 aliphatic rings. The largest absolute Gasteiger partial charge is 0.507 e. The zero-order valence-corrected chi connectivity index (χ0v) is 20.5. The van der Waals surface area contributed by atoms with Gasteiger partial charge in [-0.05, 0) is 87.0 Å². The van der Waals surface area contributed by atoms with E-state index < -0.39 is 17.7 Å². The van der Waals surface area contributed by atoms with Crippen LogP contribution in [0.3, 0.4) is 0 Å². The van der Waals surface area contributed by atoms with E-state index in [9.17, 15) is 14.7 Å². The van der Waals surface area contributed by atoms with Gasteiger partial charge in [-0.25, -0.2) is 0 Å². The van der Waals surface area contributed by atoms with Crippen LogP contribution in [-0.4, -0.2) is 29.5 Å². The molecule has 1 heterocycles. The number of nitrogens with zero attached hydrogens (tertiary/aromatic N) is 1. The molecular formula is C28H26ClNO5. The summed E-state index contributed by atoms with van der Waals surface area (Å²) in [5.74, 6) is -0.433. The zero-order valence-electron chi connectivity index (χ0n) is 19.7. The van der Waals surface area contributed by atoms with Crippen LogP contribution in [0.15, 0.2) is 78.4 Å². The minimum absolute atomic E-state index is 0.000227. The van der Waals surface area contributed by atoms with E-state index in [-0.39, 0.29) is 17.4 Å². The lowest BCUT2D eigenvalue weighted by atomic mass is 9.95. The molecule has 7 heteroatoms. The van der Waals surface area contributed by atoms with Gasteiger partial charge in [0.05, 0.1) is 24.3 Å². The molecule has 1 N–H and O–H groups in total. The van der Waals surface area contributed by atoms with E-state index >= 15 is 0 Å². The van der Waals surface area contributed by atoms with E-state index in [2.05, 4.69) is 0 Å². The Kier molecular flexibility index (Phi) is 7.12. The number of ketones is 1. The van der Waals surface area contributed by atoms with Gasteiger partial charge >= 0.3 is 0 Å². The molecule has 0 spiro atoms. The summed E-state index contributed by atoms with van der Waals surface area (Å²) in [5.41, 5.74) is 1.57. The molecule has 4 rings (SSSR count). The summed E-state index contributed by atoms with van der Waals surface area (Å²) in [7, 11) is 0. The highest BCUT2D eigenvalue weighted by Crippen LogP contribution is 2.42. The van der Waals surface area contributed by atoms with E-state index in [0.717, 1.165) is 0 Å². The Morgan fingerprint density at radius 2 is 1.54 bits per heavy atom. The molecule has 1 fully saturated rings. The van der Waals surface area contributed by atoms with Crippen LogP contribution in [0.25, 0.3) is 5.76 Å². The topological polar surface area (TPSA) is 76.1 Å². The lowest BCUT2D eigenvalue weighted by molar-refractivity contribution is -0.132. The van der Waals surface area contributed by atoms with Crippen LogP contribution in [0, 0.1) is 0 Å². The first kappa shape index (κ1) is 24.4. The number of benzene rings is 3. The highest BCUT2D eigenvalue weighted by molar-refractivity contribution is 6.51. The van der Waals surface area contributed by atoms with Gasteiger partial charge in [0, 0.05) is 16.3 Å². The third-order valence-electron chi connectivity index (χ3n) is 5.56. The molecule has 3 aromatic carbocycles. The molecular weight excluding hydrogens is 466 g/mol. The molecule has 0 radical (unpaired) electrons. The number of aliphatic hydroxyl groups is 1. The molecule has 1 amide bonds. The molecule has 1 unspecified atom stereocenters. The maximum Gasteiger partial charge on any atom is 0.300 e. The van der Waals surface area contributed by atoms with Crippen LogP contribution in [0.1, 0.15) is 37.9 Å². The van der Waals surface area contributed by atoms with Crippen molar-refractivity contribution in [2.45, 2.75) is 32.9 Å². The average molecular weight is 492 g/mol. The van der Waals surface area contributed by atoms with E-state index in [1.165, 1.54) is 4.90 Å². The highest BCUT2D eigenvalue weighted by atomic mass is 35.5. The quantitative estimate of drug-likeness (QED) is 0.243. The van der Waals surface area contributed by atoms with Crippen LogP contribution in [0.2, 0.25) is 5.02 Å². The number of Topliss-reactive ketones (excluding diaryl/α,β-unsaturated/α-hetero) is 1. The Morgan fingerprint density at radius 1 is 0.943 bits per heavy atom. The van der Waals surface area contributed by atoms with Crippen LogP contribution in [-0.2, 0) is 9.59 Å². The standard InChI is InChI=1S/C28H26ClNO5/c1-4-34-22-15-11-21(12-16-22)30-25(18-7-13-23(14-8-18)35-17(2)3)24(27(32)28(30)33)26(31)19-5-9-20(29)10-6-19/h5-17,25,31H,4H2,1-3H3/b26-24+. The second kappa shape index (κ2) is 10.2. The lowest BCUT2D eigenvalue weighted by Gasteiger charge is -2.26. The molecule has 3 aromatic rings. The van der Waals surface area contributed by atoms with Crippen LogP contribution in [0.5, 0.6) is 11.5 Å². The van der Waals surface area contributed by atoms with E-state index in [1.807, 2.05) is 20.8 Å². The summed E-state index contributed by atoms with van der Waals surface area (Å²) in [5, 5.41) is 11.7. The smallest absolute Gasteiger partial charge is 0.300 e. The number of hydrogen-bond donors (Lipinski definition) is 1. The van der Waals surface area contributed by atoms with Crippen molar-refractivity contribution in [1.82, 2.24) is 0 Å².